The van der Waals surface area contributed by atoms with E-state index < -0.39 is 15.1 Å². The Kier molecular flexibility index (Phi) is 3.72. The molecule has 0 fully saturated rings. The van der Waals surface area contributed by atoms with E-state index in [0.717, 1.165) is 5.56 Å². The average Bonchev–Trinajstić information content (AvgIpc) is 2.15. The Labute approximate surface area is 93.4 Å². The molecule has 2 unspecified atom stereocenters. The van der Waals surface area contributed by atoms with Gasteiger partial charge in [0.2, 0.25) is 0 Å². The van der Waals surface area contributed by atoms with Crippen molar-refractivity contribution >= 4 is 25.8 Å². The van der Waals surface area contributed by atoms with Crippen molar-refractivity contribution in [3.05, 3.63) is 35.9 Å². The predicted octanol–water partition coefficient (Wildman–Crippen LogP) is 2.56. The number of alkyl halides is 1. The summed E-state index contributed by atoms with van der Waals surface area (Å²) >= 11 is 3.41. The van der Waals surface area contributed by atoms with E-state index in [1.165, 1.54) is 6.26 Å². The van der Waals surface area contributed by atoms with Crippen molar-refractivity contribution in [2.24, 2.45) is 0 Å². The highest BCUT2D eigenvalue weighted by atomic mass is 79.9. The van der Waals surface area contributed by atoms with Crippen LogP contribution in [-0.4, -0.2) is 19.9 Å². The van der Waals surface area contributed by atoms with E-state index >= 15 is 0 Å². The fourth-order valence-electron chi connectivity index (χ4n) is 1.12. The first-order valence-corrected chi connectivity index (χ1v) is 7.18. The maximum Gasteiger partial charge on any atom is 0.151 e. The summed E-state index contributed by atoms with van der Waals surface area (Å²) in [5.74, 6) is 0. The molecule has 0 amide bonds. The van der Waals surface area contributed by atoms with E-state index in [0.29, 0.717) is 0 Å². The van der Waals surface area contributed by atoms with Crippen LogP contribution in [0.1, 0.15) is 17.3 Å². The lowest BCUT2D eigenvalue weighted by Gasteiger charge is -2.16. The van der Waals surface area contributed by atoms with Gasteiger partial charge in [-0.3, -0.25) is 0 Å². The fraction of sp³-hybridized carbons (Fsp3) is 0.400. The molecule has 2 nitrogen and oxygen atoms in total. The minimum absolute atomic E-state index is 0.140. The van der Waals surface area contributed by atoms with Crippen molar-refractivity contribution in [1.29, 1.82) is 0 Å². The van der Waals surface area contributed by atoms with Crippen LogP contribution < -0.4 is 0 Å². The molecule has 0 saturated carbocycles. The molecule has 0 spiro atoms. The first-order valence-electron chi connectivity index (χ1n) is 4.31. The van der Waals surface area contributed by atoms with Crippen LogP contribution in [0.5, 0.6) is 0 Å². The highest BCUT2D eigenvalue weighted by Gasteiger charge is 2.24. The Morgan fingerprint density at radius 1 is 1.21 bits per heavy atom. The van der Waals surface area contributed by atoms with E-state index in [2.05, 4.69) is 15.9 Å². The molecule has 1 rings (SSSR count). The summed E-state index contributed by atoms with van der Waals surface area (Å²) in [5, 5.41) is -0.412. The van der Waals surface area contributed by atoms with E-state index in [-0.39, 0.29) is 4.83 Å². The normalized spacial score (nSPS) is 16.2. The zero-order valence-corrected chi connectivity index (χ0v) is 10.5. The van der Waals surface area contributed by atoms with Gasteiger partial charge >= 0.3 is 0 Å². The smallest absolute Gasteiger partial charge is 0.151 e. The highest BCUT2D eigenvalue weighted by Crippen LogP contribution is 2.29. The summed E-state index contributed by atoms with van der Waals surface area (Å²) < 4.78 is 22.6. The van der Waals surface area contributed by atoms with Crippen LogP contribution in [0.15, 0.2) is 30.3 Å². The Morgan fingerprint density at radius 3 is 2.14 bits per heavy atom. The third-order valence-electron chi connectivity index (χ3n) is 2.21. The summed E-state index contributed by atoms with van der Waals surface area (Å²) in [6.07, 6.45) is 1.26. The summed E-state index contributed by atoms with van der Waals surface area (Å²) in [5.41, 5.74) is 0.991. The second-order valence-corrected chi connectivity index (χ2v) is 6.74. The van der Waals surface area contributed by atoms with Gasteiger partial charge in [-0.05, 0) is 12.5 Å². The Balaban J connectivity index is 2.92. The number of benzene rings is 1. The molecule has 14 heavy (non-hydrogen) atoms. The zero-order chi connectivity index (χ0) is 10.8. The van der Waals surface area contributed by atoms with Crippen LogP contribution in [-0.2, 0) is 9.84 Å². The van der Waals surface area contributed by atoms with Gasteiger partial charge in [-0.1, -0.05) is 46.3 Å². The maximum atomic E-state index is 11.3. The van der Waals surface area contributed by atoms with Crippen molar-refractivity contribution in [3.63, 3.8) is 0 Å². The van der Waals surface area contributed by atoms with Crippen LogP contribution in [0.25, 0.3) is 0 Å². The molecule has 0 saturated heterocycles. The van der Waals surface area contributed by atoms with E-state index in [1.54, 1.807) is 6.92 Å². The zero-order valence-electron chi connectivity index (χ0n) is 8.14. The van der Waals surface area contributed by atoms with E-state index in [9.17, 15) is 8.42 Å². The van der Waals surface area contributed by atoms with Gasteiger partial charge in [0.05, 0.1) is 10.1 Å². The topological polar surface area (TPSA) is 34.1 Å². The molecule has 0 N–H and O–H groups in total. The third kappa shape index (κ3) is 2.82. The van der Waals surface area contributed by atoms with Gasteiger partial charge < -0.3 is 0 Å². The van der Waals surface area contributed by atoms with Crippen LogP contribution in [0.4, 0.5) is 0 Å². The summed E-state index contributed by atoms with van der Waals surface area (Å²) in [4.78, 5) is -0.140. The quantitative estimate of drug-likeness (QED) is 0.796. The molecule has 4 heteroatoms. The Hall–Kier alpha value is -0.350. The lowest BCUT2D eigenvalue weighted by Crippen LogP contribution is -2.20. The van der Waals surface area contributed by atoms with Gasteiger partial charge in [0.15, 0.2) is 9.84 Å². The molecule has 0 aliphatic heterocycles. The molecule has 0 heterocycles. The lowest BCUT2D eigenvalue weighted by atomic mass is 10.1. The molecule has 0 radical (unpaired) electrons. The molecular formula is C10H13BrO2S. The molecule has 0 aromatic heterocycles. The maximum absolute atomic E-state index is 11.3. The fourth-order valence-corrected chi connectivity index (χ4v) is 3.20. The minimum atomic E-state index is -3.00. The number of halogens is 1. The van der Waals surface area contributed by atoms with Crippen molar-refractivity contribution in [2.45, 2.75) is 17.0 Å². The molecule has 2 atom stereocenters. The van der Waals surface area contributed by atoms with E-state index in [4.69, 9.17) is 0 Å². The van der Waals surface area contributed by atoms with Crippen LogP contribution in [0, 0.1) is 0 Å². The van der Waals surface area contributed by atoms with Gasteiger partial charge in [-0.25, -0.2) is 8.42 Å². The van der Waals surface area contributed by atoms with Gasteiger partial charge in [0.25, 0.3) is 0 Å². The minimum Gasteiger partial charge on any atom is -0.229 e. The molecular weight excluding hydrogens is 264 g/mol. The highest BCUT2D eigenvalue weighted by molar-refractivity contribution is 9.09. The largest absolute Gasteiger partial charge is 0.229 e. The second kappa shape index (κ2) is 4.45. The monoisotopic (exact) mass is 276 g/mol. The second-order valence-electron chi connectivity index (χ2n) is 3.35. The van der Waals surface area contributed by atoms with Crippen LogP contribution >= 0.6 is 15.9 Å². The van der Waals surface area contributed by atoms with Crippen LogP contribution in [0.2, 0.25) is 0 Å². The first-order chi connectivity index (χ1) is 6.43. The van der Waals surface area contributed by atoms with Crippen molar-refractivity contribution in [1.82, 2.24) is 0 Å². The number of sulfone groups is 1. The molecule has 0 aliphatic carbocycles. The van der Waals surface area contributed by atoms with Gasteiger partial charge in [0.1, 0.15) is 0 Å². The lowest BCUT2D eigenvalue weighted by molar-refractivity contribution is 0.588. The first kappa shape index (κ1) is 11.7. The van der Waals surface area contributed by atoms with Gasteiger partial charge in [-0.15, -0.1) is 0 Å². The molecule has 0 bridgehead atoms. The standard InChI is InChI=1S/C10H13BrO2S/c1-8(14(2,12)13)10(11)9-6-4-3-5-7-9/h3-8,10H,1-2H3. The van der Waals surface area contributed by atoms with Crippen molar-refractivity contribution in [2.75, 3.05) is 6.26 Å². The van der Waals surface area contributed by atoms with Crippen molar-refractivity contribution in [3.8, 4) is 0 Å². The summed E-state index contributed by atoms with van der Waals surface area (Å²) in [6, 6.07) is 9.55. The molecule has 1 aromatic carbocycles. The SMILES string of the molecule is CC(C(Br)c1ccccc1)S(C)(=O)=O. The number of hydrogen-bond donors (Lipinski definition) is 0. The molecule has 0 aliphatic rings. The average molecular weight is 277 g/mol. The summed E-state index contributed by atoms with van der Waals surface area (Å²) in [6.45, 7) is 1.71. The number of rotatable bonds is 3. The van der Waals surface area contributed by atoms with Gasteiger partial charge in [-0.2, -0.15) is 0 Å². The van der Waals surface area contributed by atoms with E-state index in [1.807, 2.05) is 30.3 Å². The van der Waals surface area contributed by atoms with Crippen LogP contribution in [0.3, 0.4) is 0 Å². The van der Waals surface area contributed by atoms with Gasteiger partial charge in [0, 0.05) is 6.26 Å². The predicted molar refractivity (Wildman–Crippen MR) is 62.4 cm³/mol. The Bertz CT molecular complexity index is 386. The number of hydrogen-bond acceptors (Lipinski definition) is 2. The molecule has 78 valence electrons. The summed E-state index contributed by atoms with van der Waals surface area (Å²) in [7, 11) is -3.00. The Morgan fingerprint density at radius 2 is 1.71 bits per heavy atom. The third-order valence-corrected chi connectivity index (χ3v) is 5.50. The molecule has 1 aromatic rings. The van der Waals surface area contributed by atoms with Crippen molar-refractivity contribution < 1.29 is 8.42 Å².